The van der Waals surface area contributed by atoms with Crippen LogP contribution in [0, 0.1) is 0 Å². The average Bonchev–Trinajstić information content (AvgIpc) is 3.05. The van der Waals surface area contributed by atoms with E-state index in [1.165, 1.54) is 17.7 Å². The summed E-state index contributed by atoms with van der Waals surface area (Å²) < 4.78 is 42.9. The molecule has 0 radical (unpaired) electrons. The molecule has 0 unspecified atom stereocenters. The van der Waals surface area contributed by atoms with Crippen LogP contribution >= 0.6 is 0 Å². The van der Waals surface area contributed by atoms with Crippen LogP contribution in [-0.2, 0) is 20.0 Å². The Morgan fingerprint density at radius 1 is 1.19 bits per heavy atom. The Balaban J connectivity index is 1.68. The molecule has 0 aliphatic rings. The first kappa shape index (κ1) is 20.6. The molecular formula is C18H24F3N5O. The van der Waals surface area contributed by atoms with E-state index in [1.54, 1.807) is 23.9 Å². The Hall–Kier alpha value is -2.71. The maximum absolute atomic E-state index is 12.1. The van der Waals surface area contributed by atoms with Gasteiger partial charge in [0.1, 0.15) is 5.75 Å². The third-order valence-electron chi connectivity index (χ3n) is 3.70. The van der Waals surface area contributed by atoms with Crippen LogP contribution in [0.25, 0.3) is 0 Å². The van der Waals surface area contributed by atoms with Gasteiger partial charge < -0.3 is 15.4 Å². The summed E-state index contributed by atoms with van der Waals surface area (Å²) in [6.07, 6.45) is 1.38. The molecule has 0 aliphatic heterocycles. The van der Waals surface area contributed by atoms with Crippen molar-refractivity contribution in [3.63, 3.8) is 0 Å². The number of rotatable bonds is 8. The number of hydrogen-bond acceptors (Lipinski definition) is 3. The van der Waals surface area contributed by atoms with Crippen LogP contribution in [0.4, 0.5) is 13.2 Å². The molecule has 1 aromatic heterocycles. The minimum absolute atomic E-state index is 0.189. The predicted octanol–water partition coefficient (Wildman–Crippen LogP) is 2.66. The minimum Gasteiger partial charge on any atom is -0.484 e. The van der Waals surface area contributed by atoms with Crippen LogP contribution in [0.3, 0.4) is 0 Å². The number of halogens is 3. The summed E-state index contributed by atoms with van der Waals surface area (Å²) in [7, 11) is 3.58. The minimum atomic E-state index is -4.34. The van der Waals surface area contributed by atoms with Gasteiger partial charge in [-0.25, -0.2) is 0 Å². The van der Waals surface area contributed by atoms with E-state index in [9.17, 15) is 13.2 Å². The summed E-state index contributed by atoms with van der Waals surface area (Å²) >= 11 is 0. The molecule has 148 valence electrons. The van der Waals surface area contributed by atoms with Crippen molar-refractivity contribution >= 4 is 5.96 Å². The van der Waals surface area contributed by atoms with Gasteiger partial charge in [-0.05, 0) is 36.1 Å². The molecule has 1 heterocycles. The number of benzene rings is 1. The first-order chi connectivity index (χ1) is 12.9. The topological polar surface area (TPSA) is 63.5 Å². The predicted molar refractivity (Wildman–Crippen MR) is 97.7 cm³/mol. The molecule has 2 N–H and O–H groups in total. The van der Waals surface area contributed by atoms with Crippen molar-refractivity contribution in [2.45, 2.75) is 25.6 Å². The molecule has 0 amide bonds. The molecule has 0 atom stereocenters. The Kier molecular flexibility index (Phi) is 7.51. The van der Waals surface area contributed by atoms with E-state index >= 15 is 0 Å². The number of guanidine groups is 1. The van der Waals surface area contributed by atoms with E-state index in [-0.39, 0.29) is 5.75 Å². The molecule has 0 bridgehead atoms. The van der Waals surface area contributed by atoms with Gasteiger partial charge in [0.15, 0.2) is 12.6 Å². The fourth-order valence-electron chi connectivity index (χ4n) is 2.38. The zero-order chi connectivity index (χ0) is 19.7. The van der Waals surface area contributed by atoms with E-state index in [4.69, 9.17) is 0 Å². The van der Waals surface area contributed by atoms with Crippen LogP contribution < -0.4 is 15.4 Å². The zero-order valence-electron chi connectivity index (χ0n) is 15.4. The van der Waals surface area contributed by atoms with E-state index in [2.05, 4.69) is 25.5 Å². The second-order valence-corrected chi connectivity index (χ2v) is 6.03. The average molecular weight is 383 g/mol. The van der Waals surface area contributed by atoms with Gasteiger partial charge in [0.05, 0.1) is 6.20 Å². The fraction of sp³-hybridized carbons (Fsp3) is 0.444. The number of nitrogens with zero attached hydrogens (tertiary/aromatic N) is 3. The summed E-state index contributed by atoms with van der Waals surface area (Å²) in [6, 6.07) is 6.47. The van der Waals surface area contributed by atoms with Crippen LogP contribution in [0.2, 0.25) is 0 Å². The maximum Gasteiger partial charge on any atom is 0.422 e. The van der Waals surface area contributed by atoms with Crippen LogP contribution in [0.15, 0.2) is 41.7 Å². The van der Waals surface area contributed by atoms with Crippen LogP contribution in [0.5, 0.6) is 5.75 Å². The van der Waals surface area contributed by atoms with Crippen molar-refractivity contribution in [1.29, 1.82) is 0 Å². The van der Waals surface area contributed by atoms with E-state index in [1.807, 2.05) is 19.4 Å². The maximum atomic E-state index is 12.1. The monoisotopic (exact) mass is 383 g/mol. The molecule has 0 fully saturated rings. The largest absolute Gasteiger partial charge is 0.484 e. The Labute approximate surface area is 156 Å². The Morgan fingerprint density at radius 3 is 2.52 bits per heavy atom. The van der Waals surface area contributed by atoms with Gasteiger partial charge in [-0.2, -0.15) is 18.3 Å². The summed E-state index contributed by atoms with van der Waals surface area (Å²) in [5.41, 5.74) is 2.10. The molecule has 27 heavy (non-hydrogen) atoms. The van der Waals surface area contributed by atoms with Crippen molar-refractivity contribution in [2.75, 3.05) is 20.2 Å². The Morgan fingerprint density at radius 2 is 1.93 bits per heavy atom. The van der Waals surface area contributed by atoms with Crippen molar-refractivity contribution < 1.29 is 17.9 Å². The first-order valence-electron chi connectivity index (χ1n) is 8.56. The van der Waals surface area contributed by atoms with Gasteiger partial charge >= 0.3 is 6.18 Å². The molecule has 0 saturated heterocycles. The van der Waals surface area contributed by atoms with Crippen LogP contribution in [0.1, 0.15) is 17.5 Å². The SMILES string of the molecule is CN=C(NCCCc1cnn(C)c1)NCc1ccc(OCC(F)(F)F)cc1. The number of nitrogens with one attached hydrogen (secondary N) is 2. The van der Waals surface area contributed by atoms with Crippen molar-refractivity contribution in [3.8, 4) is 5.75 Å². The second-order valence-electron chi connectivity index (χ2n) is 6.03. The van der Waals surface area contributed by atoms with Crippen molar-refractivity contribution in [2.24, 2.45) is 12.0 Å². The lowest BCUT2D eigenvalue weighted by Crippen LogP contribution is -2.37. The van der Waals surface area contributed by atoms with Crippen LogP contribution in [-0.4, -0.2) is 42.1 Å². The van der Waals surface area contributed by atoms with E-state index in [0.717, 1.165) is 24.9 Å². The zero-order valence-corrected chi connectivity index (χ0v) is 15.4. The van der Waals surface area contributed by atoms with Gasteiger partial charge in [-0.15, -0.1) is 0 Å². The summed E-state index contributed by atoms with van der Waals surface area (Å²) in [6.45, 7) is -0.0270. The van der Waals surface area contributed by atoms with Gasteiger partial charge in [-0.1, -0.05) is 12.1 Å². The number of aromatic nitrogens is 2. The standard InChI is InChI=1S/C18H24F3N5O/c1-22-17(23-9-3-4-15-11-25-26(2)12-15)24-10-14-5-7-16(8-6-14)27-13-18(19,20)21/h5-8,11-12H,3-4,9-10,13H2,1-2H3,(H2,22,23,24). The molecule has 1 aromatic carbocycles. The number of ether oxygens (including phenoxy) is 1. The number of aliphatic imine (C=N–C) groups is 1. The summed E-state index contributed by atoms with van der Waals surface area (Å²) in [5, 5.41) is 10.5. The molecule has 0 saturated carbocycles. The second kappa shape index (κ2) is 9.84. The third kappa shape index (κ3) is 8.02. The summed E-state index contributed by atoms with van der Waals surface area (Å²) in [4.78, 5) is 4.15. The number of alkyl halides is 3. The number of hydrogen-bond donors (Lipinski definition) is 2. The van der Waals surface area contributed by atoms with Crippen molar-refractivity contribution in [1.82, 2.24) is 20.4 Å². The quantitative estimate of drug-likeness (QED) is 0.418. The molecular weight excluding hydrogens is 359 g/mol. The molecule has 6 nitrogen and oxygen atoms in total. The molecule has 9 heteroatoms. The molecule has 2 aromatic rings. The first-order valence-corrected chi connectivity index (χ1v) is 8.56. The van der Waals surface area contributed by atoms with E-state index in [0.29, 0.717) is 12.5 Å². The Bertz CT molecular complexity index is 725. The van der Waals surface area contributed by atoms with Gasteiger partial charge in [0.2, 0.25) is 0 Å². The molecule has 0 aliphatic carbocycles. The lowest BCUT2D eigenvalue weighted by atomic mass is 10.2. The van der Waals surface area contributed by atoms with Crippen molar-refractivity contribution in [3.05, 3.63) is 47.8 Å². The third-order valence-corrected chi connectivity index (χ3v) is 3.70. The van der Waals surface area contributed by atoms with Gasteiger partial charge in [-0.3, -0.25) is 9.67 Å². The normalized spacial score (nSPS) is 12.1. The molecule has 2 rings (SSSR count). The highest BCUT2D eigenvalue weighted by molar-refractivity contribution is 5.79. The molecule has 0 spiro atoms. The van der Waals surface area contributed by atoms with Gasteiger partial charge in [0, 0.05) is 33.4 Å². The highest BCUT2D eigenvalue weighted by Crippen LogP contribution is 2.18. The lowest BCUT2D eigenvalue weighted by Gasteiger charge is -2.12. The van der Waals surface area contributed by atoms with E-state index < -0.39 is 12.8 Å². The fourth-order valence-corrected chi connectivity index (χ4v) is 2.38. The van der Waals surface area contributed by atoms with Gasteiger partial charge in [0.25, 0.3) is 0 Å². The smallest absolute Gasteiger partial charge is 0.422 e. The number of aryl methyl sites for hydroxylation is 2. The highest BCUT2D eigenvalue weighted by atomic mass is 19.4. The highest BCUT2D eigenvalue weighted by Gasteiger charge is 2.28. The summed E-state index contributed by atoms with van der Waals surface area (Å²) in [5.74, 6) is 0.854. The lowest BCUT2D eigenvalue weighted by molar-refractivity contribution is -0.153.